The molecule has 9 heavy (non-hydrogen) atoms. The third kappa shape index (κ3) is 1.85. The fourth-order valence-corrected chi connectivity index (χ4v) is 0.182. The van der Waals surface area contributed by atoms with Crippen molar-refractivity contribution in [3.63, 3.8) is 0 Å². The van der Waals surface area contributed by atoms with Gasteiger partial charge in [0.25, 0.3) is 0 Å². The molecule has 1 amide bonds. The van der Waals surface area contributed by atoms with Crippen LogP contribution in [0.15, 0.2) is 10.4 Å². The van der Waals surface area contributed by atoms with Gasteiger partial charge in [0.15, 0.2) is 6.29 Å². The molecule has 0 aliphatic heterocycles. The second-order valence-electron chi connectivity index (χ2n) is 1.12. The molecule has 0 heterocycles. The maximum Gasteiger partial charge on any atom is 0.321 e. The highest BCUT2D eigenvalue weighted by atomic mass is 16.3. The van der Waals surface area contributed by atoms with Crippen LogP contribution in [0.25, 0.3) is 0 Å². The average molecular weight is 130 g/mol. The van der Waals surface area contributed by atoms with Gasteiger partial charge in [-0.15, -0.1) is 9.81 Å². The van der Waals surface area contributed by atoms with E-state index in [1.165, 1.54) is 0 Å². The zero-order valence-corrected chi connectivity index (χ0v) is 4.18. The first-order valence-electron chi connectivity index (χ1n) is 1.91. The van der Waals surface area contributed by atoms with Gasteiger partial charge in [-0.1, -0.05) is 0 Å². The monoisotopic (exact) mass is 130 g/mol. The Morgan fingerprint density at radius 3 is 2.11 bits per heavy atom. The van der Waals surface area contributed by atoms with Crippen LogP contribution < -0.4 is 0 Å². The molecule has 0 aromatic carbocycles. The SMILES string of the molecule is O=CC(N=O)C(=O)N=O. The van der Waals surface area contributed by atoms with Crippen LogP contribution in [0.5, 0.6) is 0 Å². The van der Waals surface area contributed by atoms with Crippen LogP contribution in [-0.4, -0.2) is 18.2 Å². The molecule has 0 fully saturated rings. The summed E-state index contributed by atoms with van der Waals surface area (Å²) in [6, 6.07) is -1.76. The van der Waals surface area contributed by atoms with E-state index in [1.807, 2.05) is 10.4 Å². The predicted octanol–water partition coefficient (Wildman–Crippen LogP) is -0.387. The van der Waals surface area contributed by atoms with Crippen LogP contribution in [0.3, 0.4) is 0 Å². The first kappa shape index (κ1) is 7.54. The highest BCUT2D eigenvalue weighted by Gasteiger charge is 2.17. The Kier molecular flexibility index (Phi) is 2.96. The standard InChI is InChI=1S/C3H2N2O4/c6-1-2(4-8)3(7)5-9/h1-2H. The van der Waals surface area contributed by atoms with Crippen molar-refractivity contribution >= 4 is 12.2 Å². The minimum absolute atomic E-state index is 0.0449. The summed E-state index contributed by atoms with van der Waals surface area (Å²) in [4.78, 5) is 38.3. The molecule has 0 saturated heterocycles. The summed E-state index contributed by atoms with van der Waals surface area (Å²) in [6.07, 6.45) is -0.0449. The second-order valence-corrected chi connectivity index (χ2v) is 1.12. The van der Waals surface area contributed by atoms with Gasteiger partial charge in [-0.05, 0) is 5.18 Å². The van der Waals surface area contributed by atoms with Crippen LogP contribution >= 0.6 is 0 Å². The van der Waals surface area contributed by atoms with E-state index in [4.69, 9.17) is 0 Å². The van der Waals surface area contributed by atoms with Gasteiger partial charge >= 0.3 is 5.91 Å². The zero-order chi connectivity index (χ0) is 7.28. The molecule has 0 rings (SSSR count). The maximum absolute atomic E-state index is 9.97. The van der Waals surface area contributed by atoms with Gasteiger partial charge in [0.2, 0.25) is 6.04 Å². The second kappa shape index (κ2) is 3.53. The zero-order valence-electron chi connectivity index (χ0n) is 4.18. The molecule has 48 valence electrons. The lowest BCUT2D eigenvalue weighted by molar-refractivity contribution is -0.122. The van der Waals surface area contributed by atoms with E-state index in [0.717, 1.165) is 0 Å². The summed E-state index contributed by atoms with van der Waals surface area (Å²) < 4.78 is 0. The van der Waals surface area contributed by atoms with Crippen molar-refractivity contribution in [2.24, 2.45) is 10.4 Å². The van der Waals surface area contributed by atoms with E-state index in [0.29, 0.717) is 0 Å². The lowest BCUT2D eigenvalue weighted by Crippen LogP contribution is -2.16. The summed E-state index contributed by atoms with van der Waals surface area (Å²) in [7, 11) is 0. The minimum atomic E-state index is -1.76. The summed E-state index contributed by atoms with van der Waals surface area (Å²) in [5.74, 6) is -1.36. The fraction of sp³-hybridized carbons (Fsp3) is 0.333. The van der Waals surface area contributed by atoms with Crippen LogP contribution in [0, 0.1) is 9.81 Å². The van der Waals surface area contributed by atoms with Crippen molar-refractivity contribution in [3.8, 4) is 0 Å². The molecule has 0 aliphatic rings. The Morgan fingerprint density at radius 1 is 1.44 bits per heavy atom. The van der Waals surface area contributed by atoms with Crippen molar-refractivity contribution < 1.29 is 9.59 Å². The molecule has 0 N–H and O–H groups in total. The average Bonchev–Trinajstić information content (AvgIpc) is 1.90. The summed E-state index contributed by atoms with van der Waals surface area (Å²) >= 11 is 0. The number of carbonyl (C=O) groups excluding carboxylic acids is 2. The predicted molar refractivity (Wildman–Crippen MR) is 26.4 cm³/mol. The first-order chi connectivity index (χ1) is 4.26. The van der Waals surface area contributed by atoms with Crippen LogP contribution in [0.2, 0.25) is 0 Å². The minimum Gasteiger partial charge on any atom is -0.300 e. The molecule has 6 nitrogen and oxygen atoms in total. The van der Waals surface area contributed by atoms with Gasteiger partial charge in [0.05, 0.1) is 0 Å². The molecule has 0 spiro atoms. The number of hydrogen-bond acceptors (Lipinski definition) is 5. The maximum atomic E-state index is 9.97. The highest BCUT2D eigenvalue weighted by molar-refractivity contribution is 5.96. The van der Waals surface area contributed by atoms with Crippen molar-refractivity contribution in [1.29, 1.82) is 0 Å². The van der Waals surface area contributed by atoms with Gasteiger partial charge in [-0.2, -0.15) is 0 Å². The van der Waals surface area contributed by atoms with E-state index in [-0.39, 0.29) is 6.29 Å². The van der Waals surface area contributed by atoms with Crippen molar-refractivity contribution in [2.45, 2.75) is 6.04 Å². The Morgan fingerprint density at radius 2 is 2.00 bits per heavy atom. The van der Waals surface area contributed by atoms with Gasteiger partial charge < -0.3 is 4.79 Å². The first-order valence-corrected chi connectivity index (χ1v) is 1.91. The Labute approximate surface area is 49.2 Å². The molecule has 0 saturated carbocycles. The lowest BCUT2D eigenvalue weighted by Gasteiger charge is -1.85. The number of nitroso groups, excluding NO2 is 2. The van der Waals surface area contributed by atoms with E-state index >= 15 is 0 Å². The number of rotatable bonds is 3. The molecule has 0 aromatic heterocycles. The molecule has 0 bridgehead atoms. The third-order valence-corrected chi connectivity index (χ3v) is 0.585. The van der Waals surface area contributed by atoms with Gasteiger partial charge in [-0.25, -0.2) is 0 Å². The molecule has 0 radical (unpaired) electrons. The smallest absolute Gasteiger partial charge is 0.300 e. The van der Waals surface area contributed by atoms with E-state index < -0.39 is 11.9 Å². The highest BCUT2D eigenvalue weighted by Crippen LogP contribution is 1.87. The molecular weight excluding hydrogens is 128 g/mol. The topological polar surface area (TPSA) is 93.0 Å². The van der Waals surface area contributed by atoms with Crippen molar-refractivity contribution in [2.75, 3.05) is 0 Å². The van der Waals surface area contributed by atoms with E-state index in [9.17, 15) is 19.4 Å². The van der Waals surface area contributed by atoms with Gasteiger partial charge in [0.1, 0.15) is 0 Å². The summed E-state index contributed by atoms with van der Waals surface area (Å²) in [5.41, 5.74) is 0. The molecule has 0 aromatic rings. The number of carbonyl (C=O) groups is 2. The number of amides is 1. The molecule has 1 unspecified atom stereocenters. The van der Waals surface area contributed by atoms with Gasteiger partial charge in [0, 0.05) is 5.18 Å². The van der Waals surface area contributed by atoms with E-state index in [1.54, 1.807) is 0 Å². The van der Waals surface area contributed by atoms with Crippen molar-refractivity contribution in [3.05, 3.63) is 9.81 Å². The fourth-order valence-electron chi connectivity index (χ4n) is 0.182. The van der Waals surface area contributed by atoms with Crippen LogP contribution in [0.1, 0.15) is 0 Å². The number of hydrogen-bond donors (Lipinski definition) is 0. The Balaban J connectivity index is 4.09. The quantitative estimate of drug-likeness (QED) is 0.295. The lowest BCUT2D eigenvalue weighted by atomic mass is 10.3. The summed E-state index contributed by atoms with van der Waals surface area (Å²) in [6.45, 7) is 0. The third-order valence-electron chi connectivity index (χ3n) is 0.585. The largest absolute Gasteiger partial charge is 0.321 e. The number of aldehydes is 1. The molecular formula is C3H2N2O4. The molecule has 6 heteroatoms. The summed E-state index contributed by atoms with van der Waals surface area (Å²) in [5, 5.41) is 3.83. The normalized spacial score (nSPS) is 11.6. The van der Waals surface area contributed by atoms with Crippen LogP contribution in [0.4, 0.5) is 0 Å². The van der Waals surface area contributed by atoms with Gasteiger partial charge in [-0.3, -0.25) is 4.79 Å². The molecule has 1 atom stereocenters. The Bertz CT molecular complexity index is 146. The molecule has 0 aliphatic carbocycles. The van der Waals surface area contributed by atoms with Crippen LogP contribution in [-0.2, 0) is 9.59 Å². The Hall–Kier alpha value is -1.46. The number of nitrogens with zero attached hydrogens (tertiary/aromatic N) is 2. The van der Waals surface area contributed by atoms with Crippen molar-refractivity contribution in [1.82, 2.24) is 0 Å². The van der Waals surface area contributed by atoms with E-state index in [2.05, 4.69) is 0 Å².